The third-order valence-electron chi connectivity index (χ3n) is 2.90. The zero-order valence-electron chi connectivity index (χ0n) is 10.5. The van der Waals surface area contributed by atoms with Crippen molar-refractivity contribution in [2.45, 2.75) is 12.2 Å². The van der Waals surface area contributed by atoms with E-state index in [9.17, 15) is 0 Å². The molecule has 6 nitrogen and oxygen atoms in total. The number of fused-ring (bicyclic) bond motifs is 6. The van der Waals surface area contributed by atoms with Crippen molar-refractivity contribution in [3.8, 4) is 0 Å². The fraction of sp³-hybridized carbons (Fsp3) is 1.00. The van der Waals surface area contributed by atoms with Gasteiger partial charge in [0.1, 0.15) is 0 Å². The van der Waals surface area contributed by atoms with Crippen molar-refractivity contribution in [3.05, 3.63) is 0 Å². The summed E-state index contributed by atoms with van der Waals surface area (Å²) in [6.07, 6.45) is -0.0115. The van der Waals surface area contributed by atoms with Crippen LogP contribution in [-0.4, -0.2) is 78.1 Å². The summed E-state index contributed by atoms with van der Waals surface area (Å²) in [5, 5.41) is 0. The average molecular weight is 245 g/mol. The van der Waals surface area contributed by atoms with E-state index in [2.05, 4.69) is 4.90 Å². The van der Waals surface area contributed by atoms with Crippen LogP contribution in [0.1, 0.15) is 0 Å². The molecule has 3 aliphatic heterocycles. The molecule has 3 rings (SSSR count). The Labute approximate surface area is 102 Å². The second kappa shape index (κ2) is 6.68. The molecule has 0 radical (unpaired) electrons. The molecule has 0 aliphatic carbocycles. The minimum Gasteiger partial charge on any atom is -0.385 e. The maximum Gasteiger partial charge on any atom is 0.640 e. The summed E-state index contributed by atoms with van der Waals surface area (Å²) in [7, 11) is 2.74. The molecule has 2 unspecified atom stereocenters. The highest BCUT2D eigenvalue weighted by Crippen LogP contribution is 2.14. The highest BCUT2D eigenvalue weighted by Gasteiger charge is 2.36. The van der Waals surface area contributed by atoms with Crippen LogP contribution in [0.2, 0.25) is 0 Å². The monoisotopic (exact) mass is 245 g/mol. The zero-order chi connectivity index (χ0) is 12.1. The maximum atomic E-state index is 5.71. The molecule has 0 spiro atoms. The molecule has 17 heavy (non-hydrogen) atoms. The first-order chi connectivity index (χ1) is 8.31. The lowest BCUT2D eigenvalue weighted by atomic mass is 10.1. The summed E-state index contributed by atoms with van der Waals surface area (Å²) in [6, 6.07) is 0. The highest BCUT2D eigenvalue weighted by molar-refractivity contribution is 6.36. The molecule has 2 atom stereocenters. The highest BCUT2D eigenvalue weighted by atomic mass is 16.7. The van der Waals surface area contributed by atoms with Gasteiger partial charge in [-0.1, -0.05) is 0 Å². The van der Waals surface area contributed by atoms with E-state index in [1.807, 2.05) is 0 Å². The second-order valence-corrected chi connectivity index (χ2v) is 4.35. The van der Waals surface area contributed by atoms with E-state index in [-0.39, 0.29) is 12.2 Å². The van der Waals surface area contributed by atoms with E-state index in [0.29, 0.717) is 19.8 Å². The van der Waals surface area contributed by atoms with Crippen molar-refractivity contribution in [1.82, 2.24) is 4.90 Å². The molecule has 3 saturated heterocycles. The Kier molecular flexibility index (Phi) is 5.21. The summed E-state index contributed by atoms with van der Waals surface area (Å²) in [4.78, 5) is 2.27. The Bertz CT molecular complexity index is 199. The zero-order valence-corrected chi connectivity index (χ0v) is 10.5. The molecule has 0 N–H and O–H groups in total. The smallest absolute Gasteiger partial charge is 0.385 e. The van der Waals surface area contributed by atoms with Gasteiger partial charge in [-0.25, -0.2) is 0 Å². The van der Waals surface area contributed by atoms with Gasteiger partial charge in [-0.05, 0) is 0 Å². The third kappa shape index (κ3) is 3.91. The van der Waals surface area contributed by atoms with Crippen molar-refractivity contribution in [2.24, 2.45) is 0 Å². The van der Waals surface area contributed by atoms with Crippen LogP contribution in [0, 0.1) is 0 Å². The molecule has 0 aromatic heterocycles. The van der Waals surface area contributed by atoms with Crippen molar-refractivity contribution in [1.29, 1.82) is 0 Å². The van der Waals surface area contributed by atoms with Crippen LogP contribution >= 0.6 is 0 Å². The third-order valence-corrected chi connectivity index (χ3v) is 2.90. The minimum atomic E-state index is -0.599. The van der Waals surface area contributed by atoms with Gasteiger partial charge in [0.15, 0.2) is 0 Å². The number of rotatable bonds is 4. The Morgan fingerprint density at radius 1 is 1.12 bits per heavy atom. The van der Waals surface area contributed by atoms with Crippen LogP contribution in [0.25, 0.3) is 0 Å². The van der Waals surface area contributed by atoms with Crippen LogP contribution < -0.4 is 0 Å². The molecule has 3 fully saturated rings. The van der Waals surface area contributed by atoms with E-state index < -0.39 is 7.32 Å². The first-order valence-corrected chi connectivity index (χ1v) is 5.94. The molecule has 0 aromatic carbocycles. The van der Waals surface area contributed by atoms with E-state index >= 15 is 0 Å². The topological polar surface area (TPSA) is 49.4 Å². The number of methoxy groups -OCH3 is 2. The molecule has 0 amide bonds. The van der Waals surface area contributed by atoms with Crippen LogP contribution in [0.3, 0.4) is 0 Å². The van der Waals surface area contributed by atoms with Crippen LogP contribution in [0.15, 0.2) is 0 Å². The van der Waals surface area contributed by atoms with Gasteiger partial charge in [0, 0.05) is 40.5 Å². The molecule has 2 bridgehead atoms. The lowest BCUT2D eigenvalue weighted by Crippen LogP contribution is -2.54. The van der Waals surface area contributed by atoms with Crippen molar-refractivity contribution in [3.63, 3.8) is 0 Å². The predicted molar refractivity (Wildman–Crippen MR) is 61.6 cm³/mol. The Balaban J connectivity index is 1.98. The van der Waals surface area contributed by atoms with Crippen LogP contribution in [0.5, 0.6) is 0 Å². The van der Waals surface area contributed by atoms with E-state index in [0.717, 1.165) is 19.6 Å². The van der Waals surface area contributed by atoms with Gasteiger partial charge in [0.25, 0.3) is 0 Å². The molecule has 7 heteroatoms. The van der Waals surface area contributed by atoms with E-state index in [4.69, 9.17) is 23.4 Å². The summed E-state index contributed by atoms with van der Waals surface area (Å²) in [6.45, 7) is 4.31. The Morgan fingerprint density at radius 2 is 1.71 bits per heavy atom. The lowest BCUT2D eigenvalue weighted by Gasteiger charge is -2.38. The molecule has 98 valence electrons. The second-order valence-electron chi connectivity index (χ2n) is 4.35. The lowest BCUT2D eigenvalue weighted by molar-refractivity contribution is -0.0766. The molecule has 0 aromatic rings. The quantitative estimate of drug-likeness (QED) is 0.615. The first-order valence-electron chi connectivity index (χ1n) is 5.94. The van der Waals surface area contributed by atoms with Gasteiger partial charge in [-0.15, -0.1) is 0 Å². The largest absolute Gasteiger partial charge is 0.640 e. The van der Waals surface area contributed by atoms with Gasteiger partial charge in [0.05, 0.1) is 25.4 Å². The van der Waals surface area contributed by atoms with Crippen molar-refractivity contribution in [2.75, 3.05) is 53.7 Å². The van der Waals surface area contributed by atoms with E-state index in [1.165, 1.54) is 0 Å². The first kappa shape index (κ1) is 13.3. The molecule has 0 saturated carbocycles. The summed E-state index contributed by atoms with van der Waals surface area (Å²) in [5.41, 5.74) is 0. The van der Waals surface area contributed by atoms with Crippen LogP contribution in [-0.2, 0) is 23.4 Å². The summed E-state index contributed by atoms with van der Waals surface area (Å²) < 4.78 is 27.2. The normalized spacial score (nSPS) is 34.2. The number of hydrogen-bond donors (Lipinski definition) is 0. The molecular formula is C10H20BNO5. The molecule has 3 heterocycles. The number of hydrogen-bond acceptors (Lipinski definition) is 6. The van der Waals surface area contributed by atoms with Gasteiger partial charge < -0.3 is 23.4 Å². The summed E-state index contributed by atoms with van der Waals surface area (Å²) >= 11 is 0. The number of nitrogens with zero attached hydrogens (tertiary/aromatic N) is 1. The predicted octanol–water partition coefficient (Wildman–Crippen LogP) is -0.620. The maximum absolute atomic E-state index is 5.71. The average Bonchev–Trinajstić information content (AvgIpc) is 2.22. The van der Waals surface area contributed by atoms with Gasteiger partial charge in [-0.2, -0.15) is 0 Å². The van der Waals surface area contributed by atoms with Gasteiger partial charge in [0.2, 0.25) is 0 Å². The number of ether oxygens (including phenoxy) is 2. The Morgan fingerprint density at radius 3 is 2.24 bits per heavy atom. The van der Waals surface area contributed by atoms with Gasteiger partial charge in [-0.3, -0.25) is 4.90 Å². The Hall–Kier alpha value is -0.175. The summed E-state index contributed by atoms with van der Waals surface area (Å²) in [5.74, 6) is 0. The standard InChI is InChI=1S/C10H20BNO5/c1-13-7-9-5-12-3-4-15-11(16-9)17-10(6-12)8-14-2/h9-10H,3-8H2,1-2H3. The van der Waals surface area contributed by atoms with Crippen molar-refractivity contribution >= 4 is 7.32 Å². The molecule has 3 aliphatic rings. The fourth-order valence-electron chi connectivity index (χ4n) is 2.18. The minimum absolute atomic E-state index is 0.00575. The molecular weight excluding hydrogens is 225 g/mol. The van der Waals surface area contributed by atoms with E-state index in [1.54, 1.807) is 14.2 Å². The van der Waals surface area contributed by atoms with Gasteiger partial charge >= 0.3 is 7.32 Å². The fourth-order valence-corrected chi connectivity index (χ4v) is 2.18. The van der Waals surface area contributed by atoms with Crippen LogP contribution in [0.4, 0.5) is 0 Å². The SMILES string of the molecule is COCC1CN2CCOB(O1)OC(COC)C2. The van der Waals surface area contributed by atoms with Crippen molar-refractivity contribution < 1.29 is 23.4 Å².